The SMILES string of the molecule is CC(C)(C)OC(=O)NC[C@H](COP(=O)(O)OC1CCC(c2ccccc2)(c2ccccc2)CC1)NC(=O)OC(C)(C)C. The molecule has 10 nitrogen and oxygen atoms in total. The lowest BCUT2D eigenvalue weighted by Gasteiger charge is -2.41. The molecule has 232 valence electrons. The molecule has 2 aromatic rings. The van der Waals surface area contributed by atoms with Gasteiger partial charge in [-0.25, -0.2) is 14.2 Å². The maximum Gasteiger partial charge on any atom is 0.472 e. The number of nitrogens with one attached hydrogen (secondary N) is 2. The molecule has 1 aliphatic rings. The van der Waals surface area contributed by atoms with Gasteiger partial charge >= 0.3 is 20.0 Å². The van der Waals surface area contributed by atoms with Gasteiger partial charge in [-0.05, 0) is 78.4 Å². The molecule has 0 aliphatic heterocycles. The third-order valence-electron chi connectivity index (χ3n) is 6.77. The van der Waals surface area contributed by atoms with Gasteiger partial charge in [0.05, 0.1) is 18.8 Å². The molecule has 2 aromatic carbocycles. The zero-order valence-corrected chi connectivity index (χ0v) is 26.3. The van der Waals surface area contributed by atoms with Crippen molar-refractivity contribution >= 4 is 20.0 Å². The Kier molecular flexibility index (Phi) is 11.2. The summed E-state index contributed by atoms with van der Waals surface area (Å²) in [7, 11) is -4.50. The molecule has 0 heterocycles. The molecule has 0 aromatic heterocycles. The molecule has 2 atom stereocenters. The van der Waals surface area contributed by atoms with E-state index in [1.165, 1.54) is 11.1 Å². The van der Waals surface area contributed by atoms with Crippen molar-refractivity contribution in [1.29, 1.82) is 0 Å². The van der Waals surface area contributed by atoms with Gasteiger partial charge in [0.25, 0.3) is 0 Å². The number of hydrogen-bond donors (Lipinski definition) is 3. The number of phosphoric ester groups is 1. The molecule has 1 saturated carbocycles. The smallest absolute Gasteiger partial charge is 0.444 e. The molecule has 2 amide bonds. The molecule has 1 unspecified atom stereocenters. The maximum absolute atomic E-state index is 13.0. The predicted molar refractivity (Wildman–Crippen MR) is 160 cm³/mol. The van der Waals surface area contributed by atoms with Crippen molar-refractivity contribution in [1.82, 2.24) is 10.6 Å². The topological polar surface area (TPSA) is 132 Å². The van der Waals surface area contributed by atoms with E-state index in [0.717, 1.165) is 12.8 Å². The standard InChI is InChI=1S/C31H45N2O8P/c1-29(2,3)39-27(34)32-21-25(33-28(35)40-30(4,5)6)22-38-42(36,37)41-26-17-19-31(20-18-26,23-13-9-7-10-14-23)24-15-11-8-12-16-24/h7-16,25-26H,17-22H2,1-6H3,(H,32,34)(H,33,35)(H,36,37)/t25-/m1/s1. The summed E-state index contributed by atoms with van der Waals surface area (Å²) in [5.74, 6) is 0. The van der Waals surface area contributed by atoms with Gasteiger partial charge < -0.3 is 25.0 Å². The zero-order chi connectivity index (χ0) is 31.0. The minimum absolute atomic E-state index is 0.131. The van der Waals surface area contributed by atoms with Crippen molar-refractivity contribution in [3.8, 4) is 0 Å². The van der Waals surface area contributed by atoms with Crippen molar-refractivity contribution in [2.45, 2.75) is 96.0 Å². The van der Waals surface area contributed by atoms with E-state index in [0.29, 0.717) is 12.8 Å². The summed E-state index contributed by atoms with van der Waals surface area (Å²) in [4.78, 5) is 35.1. The third kappa shape index (κ3) is 10.7. The van der Waals surface area contributed by atoms with E-state index >= 15 is 0 Å². The molecule has 0 saturated heterocycles. The van der Waals surface area contributed by atoms with Crippen LogP contribution in [0.3, 0.4) is 0 Å². The summed E-state index contributed by atoms with van der Waals surface area (Å²) in [6.45, 7) is 9.76. The first-order chi connectivity index (χ1) is 19.6. The quantitative estimate of drug-likeness (QED) is 0.263. The van der Waals surface area contributed by atoms with E-state index in [2.05, 4.69) is 34.9 Å². The fourth-order valence-corrected chi connectivity index (χ4v) is 6.01. The normalized spacial score (nSPS) is 17.9. The Morgan fingerprint density at radius 1 is 0.881 bits per heavy atom. The van der Waals surface area contributed by atoms with Gasteiger partial charge in [-0.1, -0.05) is 60.7 Å². The van der Waals surface area contributed by atoms with Gasteiger partial charge in [0.2, 0.25) is 0 Å². The molecule has 42 heavy (non-hydrogen) atoms. The predicted octanol–water partition coefficient (Wildman–Crippen LogP) is 6.47. The first-order valence-electron chi connectivity index (χ1n) is 14.3. The lowest BCUT2D eigenvalue weighted by Crippen LogP contribution is -2.48. The molecular formula is C31H45N2O8P. The fourth-order valence-electron chi connectivity index (χ4n) is 5.00. The van der Waals surface area contributed by atoms with E-state index in [9.17, 15) is 19.0 Å². The second-order valence-corrected chi connectivity index (χ2v) is 14.0. The first-order valence-corrected chi connectivity index (χ1v) is 15.8. The number of carbonyl (C=O) groups excluding carboxylic acids is 2. The number of rotatable bonds is 10. The number of amides is 2. The lowest BCUT2D eigenvalue weighted by atomic mass is 9.65. The highest BCUT2D eigenvalue weighted by molar-refractivity contribution is 7.47. The third-order valence-corrected chi connectivity index (χ3v) is 7.81. The monoisotopic (exact) mass is 604 g/mol. The second kappa shape index (κ2) is 14.0. The molecule has 3 N–H and O–H groups in total. The highest BCUT2D eigenvalue weighted by atomic mass is 31.2. The summed E-state index contributed by atoms with van der Waals surface area (Å²) in [6, 6.07) is 19.7. The fraction of sp³-hybridized carbons (Fsp3) is 0.548. The van der Waals surface area contributed by atoms with Crippen LogP contribution in [0.15, 0.2) is 60.7 Å². The Labute approximate surface area is 249 Å². The molecule has 11 heteroatoms. The van der Waals surface area contributed by atoms with E-state index in [1.54, 1.807) is 41.5 Å². The average molecular weight is 605 g/mol. The van der Waals surface area contributed by atoms with Crippen molar-refractivity contribution in [3.05, 3.63) is 71.8 Å². The number of phosphoric acid groups is 1. The van der Waals surface area contributed by atoms with Crippen LogP contribution >= 0.6 is 7.82 Å². The Bertz CT molecular complexity index is 1160. The van der Waals surface area contributed by atoms with Crippen LogP contribution in [0.4, 0.5) is 9.59 Å². The summed E-state index contributed by atoms with van der Waals surface area (Å²) in [5, 5.41) is 5.11. The van der Waals surface area contributed by atoms with Gasteiger partial charge in [0, 0.05) is 12.0 Å². The van der Waals surface area contributed by atoms with Gasteiger partial charge in [0.15, 0.2) is 0 Å². The van der Waals surface area contributed by atoms with Crippen LogP contribution in [0.25, 0.3) is 0 Å². The highest BCUT2D eigenvalue weighted by Gasteiger charge is 2.41. The summed E-state index contributed by atoms with van der Waals surface area (Å²) < 4.78 is 34.4. The van der Waals surface area contributed by atoms with Crippen LogP contribution in [0.5, 0.6) is 0 Å². The van der Waals surface area contributed by atoms with Crippen molar-refractivity contribution in [3.63, 3.8) is 0 Å². The Hall–Kier alpha value is -2.91. The summed E-state index contributed by atoms with van der Waals surface area (Å²) >= 11 is 0. The van der Waals surface area contributed by atoms with E-state index in [-0.39, 0.29) is 12.0 Å². The van der Waals surface area contributed by atoms with Crippen molar-refractivity contribution in [2.24, 2.45) is 0 Å². The number of carbonyl (C=O) groups is 2. The molecule has 0 radical (unpaired) electrons. The van der Waals surface area contributed by atoms with Gasteiger partial charge in [0.1, 0.15) is 11.2 Å². The van der Waals surface area contributed by atoms with Crippen LogP contribution in [-0.4, -0.2) is 53.6 Å². The minimum Gasteiger partial charge on any atom is -0.444 e. The number of ether oxygens (including phenoxy) is 2. The summed E-state index contributed by atoms with van der Waals surface area (Å²) in [5.41, 5.74) is 0.692. The van der Waals surface area contributed by atoms with E-state index < -0.39 is 50.0 Å². The van der Waals surface area contributed by atoms with Gasteiger partial charge in [-0.3, -0.25) is 9.05 Å². The Morgan fingerprint density at radius 3 is 1.83 bits per heavy atom. The number of alkyl carbamates (subject to hydrolysis) is 2. The van der Waals surface area contributed by atoms with Crippen molar-refractivity contribution < 1.29 is 37.6 Å². The molecule has 0 bridgehead atoms. The number of hydrogen-bond acceptors (Lipinski definition) is 7. The lowest BCUT2D eigenvalue weighted by molar-refractivity contribution is 0.0409. The average Bonchev–Trinajstić information content (AvgIpc) is 2.89. The minimum atomic E-state index is -4.50. The molecule has 0 spiro atoms. The van der Waals surface area contributed by atoms with E-state index in [4.69, 9.17) is 18.5 Å². The first kappa shape index (κ1) is 33.6. The summed E-state index contributed by atoms with van der Waals surface area (Å²) in [6.07, 6.45) is 0.613. The van der Waals surface area contributed by atoms with Crippen molar-refractivity contribution in [2.75, 3.05) is 13.2 Å². The van der Waals surface area contributed by atoms with Crippen LogP contribution in [0, 0.1) is 0 Å². The van der Waals surface area contributed by atoms with Gasteiger partial charge in [-0.2, -0.15) is 0 Å². The second-order valence-electron chi connectivity index (χ2n) is 12.6. The Balaban J connectivity index is 1.62. The number of benzene rings is 2. The molecule has 1 aliphatic carbocycles. The van der Waals surface area contributed by atoms with Crippen LogP contribution in [-0.2, 0) is 28.5 Å². The van der Waals surface area contributed by atoms with Crippen LogP contribution in [0.2, 0.25) is 0 Å². The molecule has 3 rings (SSSR count). The highest BCUT2D eigenvalue weighted by Crippen LogP contribution is 2.51. The molecular weight excluding hydrogens is 559 g/mol. The van der Waals surface area contributed by atoms with Gasteiger partial charge in [-0.15, -0.1) is 0 Å². The molecule has 1 fully saturated rings. The van der Waals surface area contributed by atoms with Crippen LogP contribution < -0.4 is 10.6 Å². The van der Waals surface area contributed by atoms with Crippen LogP contribution in [0.1, 0.15) is 78.4 Å². The zero-order valence-electron chi connectivity index (χ0n) is 25.4. The maximum atomic E-state index is 13.0. The Morgan fingerprint density at radius 2 is 1.36 bits per heavy atom. The largest absolute Gasteiger partial charge is 0.472 e. The van der Waals surface area contributed by atoms with E-state index in [1.807, 2.05) is 36.4 Å².